The van der Waals surface area contributed by atoms with Crippen molar-refractivity contribution in [2.24, 2.45) is 0 Å². The number of piperazine rings is 1. The molecule has 0 aromatic carbocycles. The van der Waals surface area contributed by atoms with E-state index in [1.807, 2.05) is 0 Å². The van der Waals surface area contributed by atoms with Crippen molar-refractivity contribution in [2.75, 3.05) is 26.2 Å². The Morgan fingerprint density at radius 3 is 2.80 bits per heavy atom. The van der Waals surface area contributed by atoms with Gasteiger partial charge in [0.25, 0.3) is 0 Å². The summed E-state index contributed by atoms with van der Waals surface area (Å²) in [4.78, 5) is 3.47. The number of nitrogens with one attached hydrogen (secondary N) is 1. The summed E-state index contributed by atoms with van der Waals surface area (Å²) in [6, 6.07) is 4.46. The van der Waals surface area contributed by atoms with Crippen LogP contribution in [-0.4, -0.2) is 31.1 Å². The number of thiophene rings is 1. The molecule has 0 saturated carbocycles. The standard InChI is InChI=1S/C11H15N3S/c1-9-2-7-15-11(9)10(8-12)14-5-3-13-4-6-14/h2,7,10,13H,3-6H2,1H3. The molecule has 4 heteroatoms. The lowest BCUT2D eigenvalue weighted by atomic mass is 10.1. The highest BCUT2D eigenvalue weighted by Crippen LogP contribution is 2.28. The number of nitriles is 1. The first-order valence-corrected chi connectivity index (χ1v) is 6.09. The van der Waals surface area contributed by atoms with Gasteiger partial charge in [0.2, 0.25) is 0 Å². The van der Waals surface area contributed by atoms with Gasteiger partial charge in [-0.1, -0.05) is 0 Å². The number of aryl methyl sites for hydroxylation is 1. The average molecular weight is 221 g/mol. The number of nitrogens with zero attached hydrogens (tertiary/aromatic N) is 2. The van der Waals surface area contributed by atoms with Crippen LogP contribution >= 0.6 is 11.3 Å². The molecule has 1 saturated heterocycles. The molecule has 1 aromatic rings. The average Bonchev–Trinajstić information content (AvgIpc) is 2.68. The van der Waals surface area contributed by atoms with Crippen molar-refractivity contribution in [3.05, 3.63) is 21.9 Å². The van der Waals surface area contributed by atoms with Crippen LogP contribution in [-0.2, 0) is 0 Å². The van der Waals surface area contributed by atoms with E-state index < -0.39 is 0 Å². The van der Waals surface area contributed by atoms with E-state index in [4.69, 9.17) is 0 Å². The van der Waals surface area contributed by atoms with E-state index in [1.54, 1.807) is 11.3 Å². The van der Waals surface area contributed by atoms with E-state index in [0.717, 1.165) is 26.2 Å². The van der Waals surface area contributed by atoms with Gasteiger partial charge >= 0.3 is 0 Å². The Morgan fingerprint density at radius 1 is 1.53 bits per heavy atom. The summed E-state index contributed by atoms with van der Waals surface area (Å²) in [5.41, 5.74) is 1.24. The fourth-order valence-corrected chi connectivity index (χ4v) is 2.91. The van der Waals surface area contributed by atoms with E-state index >= 15 is 0 Å². The first kappa shape index (κ1) is 10.6. The number of hydrogen-bond donors (Lipinski definition) is 1. The second-order valence-electron chi connectivity index (χ2n) is 3.79. The van der Waals surface area contributed by atoms with Crippen LogP contribution in [0.15, 0.2) is 11.4 Å². The fraction of sp³-hybridized carbons (Fsp3) is 0.545. The minimum atomic E-state index is -0.0490. The van der Waals surface area contributed by atoms with Gasteiger partial charge in [-0.3, -0.25) is 4.90 Å². The fourth-order valence-electron chi connectivity index (χ4n) is 1.91. The highest BCUT2D eigenvalue weighted by molar-refractivity contribution is 7.10. The molecule has 0 aliphatic carbocycles. The molecule has 0 radical (unpaired) electrons. The van der Waals surface area contributed by atoms with Gasteiger partial charge < -0.3 is 5.32 Å². The molecule has 1 aliphatic heterocycles. The molecule has 0 spiro atoms. The Balaban J connectivity index is 2.17. The third kappa shape index (κ3) is 2.20. The Labute approximate surface area is 94.3 Å². The summed E-state index contributed by atoms with van der Waals surface area (Å²) in [5.74, 6) is 0. The third-order valence-electron chi connectivity index (χ3n) is 2.79. The van der Waals surface area contributed by atoms with Gasteiger partial charge in [-0.15, -0.1) is 11.3 Å². The largest absolute Gasteiger partial charge is 0.314 e. The quantitative estimate of drug-likeness (QED) is 0.823. The molecule has 1 N–H and O–H groups in total. The lowest BCUT2D eigenvalue weighted by molar-refractivity contribution is 0.209. The van der Waals surface area contributed by atoms with Gasteiger partial charge in [0.15, 0.2) is 0 Å². The molecule has 80 valence electrons. The van der Waals surface area contributed by atoms with Crippen molar-refractivity contribution in [1.82, 2.24) is 10.2 Å². The van der Waals surface area contributed by atoms with Crippen LogP contribution in [0.3, 0.4) is 0 Å². The molecule has 1 fully saturated rings. The van der Waals surface area contributed by atoms with E-state index in [2.05, 4.69) is 34.7 Å². The molecule has 3 nitrogen and oxygen atoms in total. The smallest absolute Gasteiger partial charge is 0.133 e. The third-order valence-corrected chi connectivity index (χ3v) is 3.86. The van der Waals surface area contributed by atoms with Crippen LogP contribution in [0.2, 0.25) is 0 Å². The van der Waals surface area contributed by atoms with Crippen molar-refractivity contribution in [1.29, 1.82) is 5.26 Å². The van der Waals surface area contributed by atoms with Crippen LogP contribution in [0, 0.1) is 18.3 Å². The van der Waals surface area contributed by atoms with E-state index in [1.165, 1.54) is 10.4 Å². The molecular formula is C11H15N3S. The van der Waals surface area contributed by atoms with Crippen LogP contribution in [0.5, 0.6) is 0 Å². The van der Waals surface area contributed by atoms with Gasteiger partial charge in [-0.25, -0.2) is 0 Å². The lowest BCUT2D eigenvalue weighted by Gasteiger charge is -2.30. The molecule has 1 aliphatic rings. The van der Waals surface area contributed by atoms with Crippen LogP contribution in [0.1, 0.15) is 16.5 Å². The maximum atomic E-state index is 9.27. The van der Waals surface area contributed by atoms with E-state index in [0.29, 0.717) is 0 Å². The predicted molar refractivity (Wildman–Crippen MR) is 61.9 cm³/mol. The summed E-state index contributed by atoms with van der Waals surface area (Å²) in [7, 11) is 0. The molecule has 2 rings (SSSR count). The maximum absolute atomic E-state index is 9.27. The molecule has 2 heterocycles. The van der Waals surface area contributed by atoms with Crippen molar-refractivity contribution in [3.8, 4) is 6.07 Å². The van der Waals surface area contributed by atoms with Crippen molar-refractivity contribution in [2.45, 2.75) is 13.0 Å². The maximum Gasteiger partial charge on any atom is 0.133 e. The lowest BCUT2D eigenvalue weighted by Crippen LogP contribution is -2.44. The van der Waals surface area contributed by atoms with Crippen LogP contribution in [0.4, 0.5) is 0 Å². The molecule has 0 bridgehead atoms. The Morgan fingerprint density at radius 2 is 2.27 bits per heavy atom. The number of hydrogen-bond acceptors (Lipinski definition) is 4. The first-order valence-electron chi connectivity index (χ1n) is 5.21. The molecule has 0 amide bonds. The second-order valence-corrected chi connectivity index (χ2v) is 4.73. The number of rotatable bonds is 2. The molecular weight excluding hydrogens is 206 g/mol. The zero-order chi connectivity index (χ0) is 10.7. The van der Waals surface area contributed by atoms with Crippen LogP contribution in [0.25, 0.3) is 0 Å². The van der Waals surface area contributed by atoms with Gasteiger partial charge in [-0.2, -0.15) is 5.26 Å². The molecule has 1 aromatic heterocycles. The minimum Gasteiger partial charge on any atom is -0.314 e. The summed E-state index contributed by atoms with van der Waals surface area (Å²) in [6.45, 7) is 5.99. The van der Waals surface area contributed by atoms with Gasteiger partial charge in [-0.05, 0) is 23.9 Å². The Kier molecular flexibility index (Phi) is 3.37. The van der Waals surface area contributed by atoms with Crippen molar-refractivity contribution in [3.63, 3.8) is 0 Å². The Bertz CT molecular complexity index is 360. The Hall–Kier alpha value is -0.890. The summed E-state index contributed by atoms with van der Waals surface area (Å²) in [6.07, 6.45) is 0. The van der Waals surface area contributed by atoms with Gasteiger partial charge in [0.05, 0.1) is 6.07 Å². The minimum absolute atomic E-state index is 0.0490. The van der Waals surface area contributed by atoms with Crippen LogP contribution < -0.4 is 5.32 Å². The predicted octanol–water partition coefficient (Wildman–Crippen LogP) is 1.53. The topological polar surface area (TPSA) is 39.1 Å². The molecule has 1 unspecified atom stereocenters. The molecule has 1 atom stereocenters. The summed E-state index contributed by atoms with van der Waals surface area (Å²) < 4.78 is 0. The monoisotopic (exact) mass is 221 g/mol. The van der Waals surface area contributed by atoms with E-state index in [-0.39, 0.29) is 6.04 Å². The summed E-state index contributed by atoms with van der Waals surface area (Å²) in [5, 5.41) is 14.6. The highest BCUT2D eigenvalue weighted by Gasteiger charge is 2.23. The summed E-state index contributed by atoms with van der Waals surface area (Å²) >= 11 is 1.69. The van der Waals surface area contributed by atoms with Gasteiger partial charge in [0.1, 0.15) is 6.04 Å². The normalized spacial score (nSPS) is 19.7. The zero-order valence-corrected chi connectivity index (χ0v) is 9.68. The second kappa shape index (κ2) is 4.75. The van der Waals surface area contributed by atoms with Crippen molar-refractivity contribution < 1.29 is 0 Å². The van der Waals surface area contributed by atoms with Gasteiger partial charge in [0, 0.05) is 31.1 Å². The zero-order valence-electron chi connectivity index (χ0n) is 8.86. The van der Waals surface area contributed by atoms with Crippen molar-refractivity contribution >= 4 is 11.3 Å². The SMILES string of the molecule is Cc1ccsc1C(C#N)N1CCNCC1. The molecule has 15 heavy (non-hydrogen) atoms. The van der Waals surface area contributed by atoms with E-state index in [9.17, 15) is 5.26 Å². The highest BCUT2D eigenvalue weighted by atomic mass is 32.1. The first-order chi connectivity index (χ1) is 7.33.